The van der Waals surface area contributed by atoms with Crippen LogP contribution in [0.2, 0.25) is 0 Å². The van der Waals surface area contributed by atoms with E-state index in [1.807, 2.05) is 36.4 Å². The zero-order valence-corrected chi connectivity index (χ0v) is 20.3. The fourth-order valence-electron chi connectivity index (χ4n) is 4.84. The smallest absolute Gasteiger partial charge is 0.339 e. The number of hydrogen-bond donors (Lipinski definition) is 1. The summed E-state index contributed by atoms with van der Waals surface area (Å²) < 4.78 is 11.6. The molecule has 0 spiro atoms. The first-order chi connectivity index (χ1) is 18.2. The molecule has 0 atom stereocenters. The van der Waals surface area contributed by atoms with Gasteiger partial charge in [0.05, 0.1) is 28.4 Å². The average molecular weight is 494 g/mol. The van der Waals surface area contributed by atoms with E-state index in [0.717, 1.165) is 59.1 Å². The Bertz CT molecular complexity index is 1540. The minimum absolute atomic E-state index is 0.281. The van der Waals surface area contributed by atoms with Gasteiger partial charge in [-0.05, 0) is 54.8 Å². The number of aromatic nitrogens is 4. The molecule has 3 aromatic heterocycles. The monoisotopic (exact) mass is 493 g/mol. The molecule has 0 unspecified atom stereocenters. The molecule has 2 aromatic carbocycles. The number of ether oxygens (including phenoxy) is 2. The van der Waals surface area contributed by atoms with Gasteiger partial charge < -0.3 is 14.5 Å². The van der Waals surface area contributed by atoms with Crippen molar-refractivity contribution in [3.05, 3.63) is 96.1 Å². The van der Waals surface area contributed by atoms with E-state index >= 15 is 0 Å². The van der Waals surface area contributed by atoms with Crippen molar-refractivity contribution >= 4 is 27.9 Å². The number of aromatic amines is 1. The molecule has 1 aliphatic rings. The van der Waals surface area contributed by atoms with Gasteiger partial charge in [-0.25, -0.2) is 14.8 Å². The van der Waals surface area contributed by atoms with Crippen molar-refractivity contribution in [1.29, 1.82) is 0 Å². The van der Waals surface area contributed by atoms with Gasteiger partial charge in [-0.15, -0.1) is 0 Å². The maximum atomic E-state index is 12.5. The summed E-state index contributed by atoms with van der Waals surface area (Å²) in [6, 6.07) is 21.4. The van der Waals surface area contributed by atoms with Gasteiger partial charge in [-0.2, -0.15) is 0 Å². The van der Waals surface area contributed by atoms with Crippen LogP contribution >= 0.6 is 0 Å². The van der Waals surface area contributed by atoms with E-state index in [2.05, 4.69) is 38.1 Å². The number of likely N-dealkylation sites (tertiary alicyclic amines) is 1. The van der Waals surface area contributed by atoms with Gasteiger partial charge in [0.25, 0.3) is 0 Å². The number of nitrogens with one attached hydrogen (secondary N) is 1. The summed E-state index contributed by atoms with van der Waals surface area (Å²) in [5, 5.41) is 1.09. The Morgan fingerprint density at radius 2 is 1.86 bits per heavy atom. The van der Waals surface area contributed by atoms with Crippen LogP contribution in [0.15, 0.2) is 79.3 Å². The number of benzene rings is 2. The van der Waals surface area contributed by atoms with Crippen molar-refractivity contribution in [1.82, 2.24) is 24.8 Å². The Morgan fingerprint density at radius 1 is 0.973 bits per heavy atom. The lowest BCUT2D eigenvalue weighted by Crippen LogP contribution is -2.35. The van der Waals surface area contributed by atoms with E-state index < -0.39 is 0 Å². The molecule has 0 radical (unpaired) electrons. The van der Waals surface area contributed by atoms with Crippen LogP contribution < -0.4 is 4.74 Å². The lowest BCUT2D eigenvalue weighted by molar-refractivity contribution is 0.0155. The zero-order chi connectivity index (χ0) is 25.0. The van der Waals surface area contributed by atoms with Gasteiger partial charge in [0, 0.05) is 42.4 Å². The molecule has 6 rings (SSSR count). The number of piperidine rings is 1. The second-order valence-electron chi connectivity index (χ2n) is 9.26. The number of rotatable bonds is 7. The highest BCUT2D eigenvalue weighted by Gasteiger charge is 2.23. The Labute approximate surface area is 214 Å². The molecule has 0 bridgehead atoms. The summed E-state index contributed by atoms with van der Waals surface area (Å²) in [5.74, 6) is 0.649. The number of imidazole rings is 1. The normalized spacial score (nSPS) is 14.7. The van der Waals surface area contributed by atoms with Crippen molar-refractivity contribution in [2.45, 2.75) is 25.4 Å². The highest BCUT2D eigenvalue weighted by atomic mass is 16.5. The summed E-state index contributed by atoms with van der Waals surface area (Å²) in [5.41, 5.74) is 5.26. The molecular formula is C29H27N5O3. The molecule has 0 aliphatic carbocycles. The predicted molar refractivity (Wildman–Crippen MR) is 140 cm³/mol. The van der Waals surface area contributed by atoms with Crippen molar-refractivity contribution in [2.24, 2.45) is 0 Å². The second-order valence-corrected chi connectivity index (χ2v) is 9.26. The quantitative estimate of drug-likeness (QED) is 0.316. The van der Waals surface area contributed by atoms with Crippen molar-refractivity contribution in [2.75, 3.05) is 19.8 Å². The summed E-state index contributed by atoms with van der Waals surface area (Å²) in [6.07, 6.45) is 5.31. The number of nitrogens with zero attached hydrogens (tertiary/aromatic N) is 4. The van der Waals surface area contributed by atoms with Gasteiger partial charge >= 0.3 is 5.97 Å². The van der Waals surface area contributed by atoms with E-state index in [0.29, 0.717) is 24.0 Å². The third-order valence-electron chi connectivity index (χ3n) is 6.90. The van der Waals surface area contributed by atoms with Gasteiger partial charge in [-0.3, -0.25) is 9.88 Å². The largest absolute Gasteiger partial charge is 0.473 e. The highest BCUT2D eigenvalue weighted by Crippen LogP contribution is 2.28. The van der Waals surface area contributed by atoms with Crippen molar-refractivity contribution in [3.63, 3.8) is 0 Å². The summed E-state index contributed by atoms with van der Waals surface area (Å²) >= 11 is 0. The van der Waals surface area contributed by atoms with Crippen LogP contribution in [-0.2, 0) is 11.3 Å². The van der Waals surface area contributed by atoms with Crippen LogP contribution in [0.25, 0.3) is 21.9 Å². The predicted octanol–water partition coefficient (Wildman–Crippen LogP) is 5.08. The first-order valence-electron chi connectivity index (χ1n) is 12.5. The van der Waals surface area contributed by atoms with Crippen molar-refractivity contribution in [3.8, 4) is 5.88 Å². The Morgan fingerprint density at radius 3 is 2.78 bits per heavy atom. The van der Waals surface area contributed by atoms with Crippen molar-refractivity contribution < 1.29 is 14.3 Å². The number of esters is 1. The number of fused-ring (bicyclic) bond motifs is 2. The standard InChI is InChI=1S/C29H27N5O3/c35-29(21-9-10-26-27(16-21)32-18-31-26)37-19-34-14-11-20(12-15-34)24-6-2-8-28(33-24)36-17-22-4-1-7-25-23(22)5-3-13-30-25/h1-10,13,16,18,20H,11-12,14-15,17,19H2,(H,31,32). The van der Waals surface area contributed by atoms with E-state index in [1.54, 1.807) is 24.7 Å². The maximum Gasteiger partial charge on any atom is 0.339 e. The molecule has 1 saturated heterocycles. The number of hydrogen-bond acceptors (Lipinski definition) is 7. The summed E-state index contributed by atoms with van der Waals surface area (Å²) in [7, 11) is 0. The van der Waals surface area contributed by atoms with Gasteiger partial charge in [0.2, 0.25) is 5.88 Å². The first-order valence-corrected chi connectivity index (χ1v) is 12.5. The lowest BCUT2D eigenvalue weighted by Gasteiger charge is -2.31. The lowest BCUT2D eigenvalue weighted by atomic mass is 9.93. The van der Waals surface area contributed by atoms with Crippen LogP contribution in [0.5, 0.6) is 5.88 Å². The highest BCUT2D eigenvalue weighted by molar-refractivity contribution is 5.93. The van der Waals surface area contributed by atoms with Gasteiger partial charge in [0.1, 0.15) is 13.3 Å². The summed E-state index contributed by atoms with van der Waals surface area (Å²) in [6.45, 7) is 2.40. The molecule has 4 heterocycles. The molecule has 8 heteroatoms. The average Bonchev–Trinajstić information content (AvgIpc) is 3.43. The van der Waals surface area contributed by atoms with Crippen LogP contribution in [0, 0.1) is 0 Å². The molecule has 0 amide bonds. The third-order valence-corrected chi connectivity index (χ3v) is 6.90. The molecule has 1 N–H and O–H groups in total. The minimum atomic E-state index is -0.327. The van der Waals surface area contributed by atoms with E-state index in [-0.39, 0.29) is 12.7 Å². The number of H-pyrrole nitrogens is 1. The van der Waals surface area contributed by atoms with Crippen LogP contribution in [0.4, 0.5) is 0 Å². The second kappa shape index (κ2) is 10.4. The Kier molecular flexibility index (Phi) is 6.47. The molecule has 0 saturated carbocycles. The Balaban J connectivity index is 1.02. The van der Waals surface area contributed by atoms with Crippen LogP contribution in [0.1, 0.15) is 40.4 Å². The van der Waals surface area contributed by atoms with Gasteiger partial charge in [-0.1, -0.05) is 24.3 Å². The molecule has 37 heavy (non-hydrogen) atoms. The van der Waals surface area contributed by atoms with Gasteiger partial charge in [0.15, 0.2) is 0 Å². The van der Waals surface area contributed by atoms with E-state index in [1.165, 1.54) is 0 Å². The topological polar surface area (TPSA) is 93.2 Å². The van der Waals surface area contributed by atoms with E-state index in [9.17, 15) is 4.79 Å². The molecule has 8 nitrogen and oxygen atoms in total. The maximum absolute atomic E-state index is 12.5. The van der Waals surface area contributed by atoms with Crippen LogP contribution in [0.3, 0.4) is 0 Å². The van der Waals surface area contributed by atoms with Crippen LogP contribution in [-0.4, -0.2) is 50.6 Å². The fraction of sp³-hybridized carbons (Fsp3) is 0.241. The summed E-state index contributed by atoms with van der Waals surface area (Å²) in [4.78, 5) is 31.1. The molecule has 186 valence electrons. The fourth-order valence-corrected chi connectivity index (χ4v) is 4.84. The first kappa shape index (κ1) is 23.1. The number of carbonyl (C=O) groups excluding carboxylic acids is 1. The molecule has 1 fully saturated rings. The SMILES string of the molecule is O=C(OCN1CCC(c2cccc(OCc3cccc4ncccc34)n2)CC1)c1ccc2nc[nH]c2c1. The minimum Gasteiger partial charge on any atom is -0.473 e. The molecule has 5 aromatic rings. The molecular weight excluding hydrogens is 466 g/mol. The number of carbonyl (C=O) groups is 1. The Hall–Kier alpha value is -4.30. The third kappa shape index (κ3) is 5.15. The van der Waals surface area contributed by atoms with E-state index in [4.69, 9.17) is 14.5 Å². The zero-order valence-electron chi connectivity index (χ0n) is 20.3. The number of pyridine rings is 2. The molecule has 1 aliphatic heterocycles.